The maximum atomic E-state index is 13.0. The van der Waals surface area contributed by atoms with E-state index in [1.807, 2.05) is 24.3 Å². The van der Waals surface area contributed by atoms with Crippen molar-refractivity contribution in [3.63, 3.8) is 0 Å². The van der Waals surface area contributed by atoms with E-state index in [0.717, 1.165) is 24.8 Å². The van der Waals surface area contributed by atoms with Crippen LogP contribution in [-0.4, -0.2) is 35.0 Å². The molecule has 4 nitrogen and oxygen atoms in total. The summed E-state index contributed by atoms with van der Waals surface area (Å²) in [6, 6.07) is 7.63. The second-order valence-electron chi connectivity index (χ2n) is 7.24. The molecule has 124 valence electrons. The van der Waals surface area contributed by atoms with Crippen molar-refractivity contribution in [2.24, 2.45) is 10.8 Å². The fourth-order valence-electron chi connectivity index (χ4n) is 3.55. The summed E-state index contributed by atoms with van der Waals surface area (Å²) >= 11 is 6.23. The zero-order valence-electron chi connectivity index (χ0n) is 13.3. The van der Waals surface area contributed by atoms with E-state index >= 15 is 0 Å². The van der Waals surface area contributed by atoms with Crippen LogP contribution in [0.1, 0.15) is 38.2 Å². The van der Waals surface area contributed by atoms with Crippen LogP contribution in [0.5, 0.6) is 0 Å². The first-order valence-electron chi connectivity index (χ1n) is 8.13. The van der Waals surface area contributed by atoms with Crippen LogP contribution in [0, 0.1) is 10.8 Å². The summed E-state index contributed by atoms with van der Waals surface area (Å²) in [5, 5.41) is 10.1. The second kappa shape index (κ2) is 5.82. The average molecular weight is 336 g/mol. The van der Waals surface area contributed by atoms with Gasteiger partial charge < -0.3 is 10.0 Å². The molecular formula is C18H22ClNO3. The number of rotatable bonds is 4. The topological polar surface area (TPSA) is 57.6 Å². The van der Waals surface area contributed by atoms with Crippen molar-refractivity contribution in [2.75, 3.05) is 13.1 Å². The van der Waals surface area contributed by atoms with Gasteiger partial charge in [-0.15, -0.1) is 0 Å². The minimum absolute atomic E-state index is 0.101. The number of benzene rings is 1. The van der Waals surface area contributed by atoms with Gasteiger partial charge in [0.25, 0.3) is 0 Å². The number of halogens is 1. The molecule has 2 fully saturated rings. The molecule has 0 aromatic heterocycles. The molecule has 1 heterocycles. The van der Waals surface area contributed by atoms with E-state index in [2.05, 4.69) is 0 Å². The Morgan fingerprint density at radius 1 is 1.26 bits per heavy atom. The van der Waals surface area contributed by atoms with Gasteiger partial charge in [0.2, 0.25) is 5.91 Å². The van der Waals surface area contributed by atoms with Gasteiger partial charge in [0.1, 0.15) is 0 Å². The van der Waals surface area contributed by atoms with Crippen molar-refractivity contribution in [2.45, 2.75) is 39.0 Å². The average Bonchev–Trinajstić information content (AvgIpc) is 3.30. The number of piperidine rings is 1. The van der Waals surface area contributed by atoms with Crippen molar-refractivity contribution < 1.29 is 14.7 Å². The van der Waals surface area contributed by atoms with Crippen LogP contribution in [0.15, 0.2) is 24.3 Å². The van der Waals surface area contributed by atoms with E-state index in [9.17, 15) is 14.7 Å². The first-order chi connectivity index (χ1) is 10.9. The van der Waals surface area contributed by atoms with Crippen LogP contribution in [0.25, 0.3) is 0 Å². The van der Waals surface area contributed by atoms with Crippen molar-refractivity contribution in [1.29, 1.82) is 0 Å². The summed E-state index contributed by atoms with van der Waals surface area (Å²) in [6.07, 6.45) is 3.74. The molecule has 1 aliphatic heterocycles. The lowest BCUT2D eigenvalue weighted by Crippen LogP contribution is -2.50. The van der Waals surface area contributed by atoms with E-state index in [-0.39, 0.29) is 11.3 Å². The number of nitrogens with zero attached hydrogens (tertiary/aromatic N) is 1. The summed E-state index contributed by atoms with van der Waals surface area (Å²) in [4.78, 5) is 26.3. The lowest BCUT2D eigenvalue weighted by molar-refractivity contribution is -0.154. The minimum Gasteiger partial charge on any atom is -0.481 e. The Bertz CT molecular complexity index is 641. The molecule has 0 bridgehead atoms. The van der Waals surface area contributed by atoms with Crippen LogP contribution in [-0.2, 0) is 16.0 Å². The van der Waals surface area contributed by atoms with Crippen LogP contribution < -0.4 is 0 Å². The van der Waals surface area contributed by atoms with E-state index in [4.69, 9.17) is 11.6 Å². The van der Waals surface area contributed by atoms with Gasteiger partial charge in [-0.1, -0.05) is 29.8 Å². The highest BCUT2D eigenvalue weighted by molar-refractivity contribution is 6.31. The monoisotopic (exact) mass is 335 g/mol. The molecule has 1 N–H and O–H groups in total. The zero-order valence-corrected chi connectivity index (χ0v) is 14.1. The van der Waals surface area contributed by atoms with Crippen LogP contribution in [0.4, 0.5) is 0 Å². The maximum Gasteiger partial charge on any atom is 0.311 e. The number of amides is 1. The Morgan fingerprint density at radius 3 is 2.57 bits per heavy atom. The molecule has 1 unspecified atom stereocenters. The SMILES string of the molecule is CC1(C(=O)O)CCCN(C(=O)C2(Cc3ccccc3Cl)CC2)C1. The summed E-state index contributed by atoms with van der Waals surface area (Å²) in [7, 11) is 0. The summed E-state index contributed by atoms with van der Waals surface area (Å²) < 4.78 is 0. The second-order valence-corrected chi connectivity index (χ2v) is 7.65. The molecule has 5 heteroatoms. The molecule has 1 aromatic rings. The first kappa shape index (κ1) is 16.3. The molecule has 1 saturated carbocycles. The number of hydrogen-bond acceptors (Lipinski definition) is 2. The van der Waals surface area contributed by atoms with Crippen LogP contribution >= 0.6 is 11.6 Å². The van der Waals surface area contributed by atoms with Gasteiger partial charge >= 0.3 is 5.97 Å². The molecule has 1 amide bonds. The van der Waals surface area contributed by atoms with E-state index in [1.165, 1.54) is 0 Å². The Hall–Kier alpha value is -1.55. The summed E-state index contributed by atoms with van der Waals surface area (Å²) in [5.41, 5.74) is -0.200. The largest absolute Gasteiger partial charge is 0.481 e. The molecule has 1 atom stereocenters. The first-order valence-corrected chi connectivity index (χ1v) is 8.50. The predicted molar refractivity (Wildman–Crippen MR) is 88.4 cm³/mol. The predicted octanol–water partition coefficient (Wildman–Crippen LogP) is 3.38. The lowest BCUT2D eigenvalue weighted by atomic mass is 9.81. The minimum atomic E-state index is -0.825. The number of hydrogen-bond donors (Lipinski definition) is 1. The van der Waals surface area contributed by atoms with Gasteiger partial charge in [0.15, 0.2) is 0 Å². The third-order valence-corrected chi connectivity index (χ3v) is 5.66. The summed E-state index contributed by atoms with van der Waals surface area (Å²) in [5.74, 6) is -0.712. The van der Waals surface area contributed by atoms with E-state index in [1.54, 1.807) is 11.8 Å². The standard InChI is InChI=1S/C18H22ClNO3/c1-17(16(22)23)7-4-10-20(12-17)15(21)18(8-9-18)11-13-5-2-3-6-14(13)19/h2-3,5-6H,4,7-12H2,1H3,(H,22,23). The zero-order chi connectivity index (χ0) is 16.7. The quantitative estimate of drug-likeness (QED) is 0.917. The number of carboxylic acid groups (broad SMARTS) is 1. The van der Waals surface area contributed by atoms with Crippen molar-refractivity contribution >= 4 is 23.5 Å². The Kier molecular flexibility index (Phi) is 4.13. The van der Waals surface area contributed by atoms with Gasteiger partial charge in [-0.2, -0.15) is 0 Å². The maximum absolute atomic E-state index is 13.0. The third kappa shape index (κ3) is 3.09. The highest BCUT2D eigenvalue weighted by Gasteiger charge is 2.53. The van der Waals surface area contributed by atoms with Gasteiger partial charge in [0, 0.05) is 18.1 Å². The van der Waals surface area contributed by atoms with Gasteiger partial charge in [-0.25, -0.2) is 0 Å². The van der Waals surface area contributed by atoms with E-state index < -0.39 is 11.4 Å². The van der Waals surface area contributed by atoms with Crippen molar-refractivity contribution in [1.82, 2.24) is 4.90 Å². The molecule has 1 aliphatic carbocycles. The normalized spacial score (nSPS) is 25.9. The smallest absolute Gasteiger partial charge is 0.311 e. The molecule has 0 spiro atoms. The number of carboxylic acids is 1. The van der Waals surface area contributed by atoms with Crippen molar-refractivity contribution in [3.05, 3.63) is 34.9 Å². The number of carbonyl (C=O) groups excluding carboxylic acids is 1. The highest BCUT2D eigenvalue weighted by Crippen LogP contribution is 2.51. The summed E-state index contributed by atoms with van der Waals surface area (Å²) in [6.45, 7) is 2.71. The molecular weight excluding hydrogens is 314 g/mol. The molecule has 1 aromatic carbocycles. The molecule has 3 rings (SSSR count). The molecule has 2 aliphatic rings. The number of aliphatic carboxylic acids is 1. The molecule has 0 radical (unpaired) electrons. The molecule has 1 saturated heterocycles. The third-order valence-electron chi connectivity index (χ3n) is 5.29. The fourth-order valence-corrected chi connectivity index (χ4v) is 3.75. The lowest BCUT2D eigenvalue weighted by Gasteiger charge is -2.39. The van der Waals surface area contributed by atoms with E-state index in [0.29, 0.717) is 31.0 Å². The Morgan fingerprint density at radius 2 is 1.96 bits per heavy atom. The number of carbonyl (C=O) groups is 2. The van der Waals surface area contributed by atoms with Crippen molar-refractivity contribution in [3.8, 4) is 0 Å². The fraction of sp³-hybridized carbons (Fsp3) is 0.556. The Labute approximate surface area is 141 Å². The van der Waals surface area contributed by atoms with Gasteiger partial charge in [-0.3, -0.25) is 9.59 Å². The van der Waals surface area contributed by atoms with Gasteiger partial charge in [0.05, 0.1) is 10.8 Å². The van der Waals surface area contributed by atoms with Crippen LogP contribution in [0.2, 0.25) is 5.02 Å². The molecule has 23 heavy (non-hydrogen) atoms. The van der Waals surface area contributed by atoms with Gasteiger partial charge in [-0.05, 0) is 50.7 Å². The Balaban J connectivity index is 1.75. The number of likely N-dealkylation sites (tertiary alicyclic amines) is 1. The van der Waals surface area contributed by atoms with Crippen LogP contribution in [0.3, 0.4) is 0 Å². The highest BCUT2D eigenvalue weighted by atomic mass is 35.5.